The number of hydrogen-bond acceptors (Lipinski definition) is 4. The Hall–Kier alpha value is -3.03. The fraction of sp³-hybridized carbons (Fsp3) is 0.240. The maximum Gasteiger partial charge on any atom is 0.325 e. The van der Waals surface area contributed by atoms with Crippen LogP contribution in [0, 0.1) is 0 Å². The van der Waals surface area contributed by atoms with E-state index in [1.165, 1.54) is 0 Å². The van der Waals surface area contributed by atoms with Gasteiger partial charge in [-0.05, 0) is 51.5 Å². The van der Waals surface area contributed by atoms with E-state index in [4.69, 9.17) is 0 Å². The second-order valence-corrected chi connectivity index (χ2v) is 9.27. The van der Waals surface area contributed by atoms with Crippen molar-refractivity contribution in [2.45, 2.75) is 24.3 Å². The van der Waals surface area contributed by atoms with Crippen LogP contribution in [0.2, 0.25) is 0 Å². The Morgan fingerprint density at radius 2 is 1.72 bits per heavy atom. The van der Waals surface area contributed by atoms with E-state index in [1.807, 2.05) is 65.6 Å². The quantitative estimate of drug-likeness (QED) is 0.556. The van der Waals surface area contributed by atoms with Crippen LogP contribution in [0.3, 0.4) is 0 Å². The van der Waals surface area contributed by atoms with Crippen molar-refractivity contribution >= 4 is 33.6 Å². The first kappa shape index (κ1) is 20.8. The number of aliphatic carboxylic acids is 1. The lowest BCUT2D eigenvalue weighted by atomic mass is 9.74. The summed E-state index contributed by atoms with van der Waals surface area (Å²) < 4.78 is 0.830. The Balaban J connectivity index is 1.38. The first-order valence-corrected chi connectivity index (χ1v) is 11.4. The molecule has 2 N–H and O–H groups in total. The number of nitrogens with zero attached hydrogens (tertiary/aromatic N) is 2. The minimum Gasteiger partial charge on any atom is -0.480 e. The number of carboxylic acid groups (broad SMARTS) is 1. The summed E-state index contributed by atoms with van der Waals surface area (Å²) in [6.45, 7) is 1.02. The van der Waals surface area contributed by atoms with Gasteiger partial charge in [0.2, 0.25) is 5.91 Å². The summed E-state index contributed by atoms with van der Waals surface area (Å²) in [6, 6.07) is 18.9. The number of aromatic nitrogens is 1. The van der Waals surface area contributed by atoms with Crippen LogP contribution in [0.15, 0.2) is 71.3 Å². The summed E-state index contributed by atoms with van der Waals surface area (Å²) in [5.41, 5.74) is 3.14. The SMILES string of the molecule is O=C(O)[C@@H](c1ccc(-c2ccccc2)cc1)N1CCC2(CC1)C(=O)Nc1ncc(Br)cc12. The molecule has 32 heavy (non-hydrogen) atoms. The molecule has 2 aromatic carbocycles. The van der Waals surface area contributed by atoms with Gasteiger partial charge in [0.25, 0.3) is 0 Å². The highest BCUT2D eigenvalue weighted by molar-refractivity contribution is 9.10. The molecule has 0 radical (unpaired) electrons. The lowest BCUT2D eigenvalue weighted by Crippen LogP contribution is -2.48. The van der Waals surface area contributed by atoms with Crippen molar-refractivity contribution < 1.29 is 14.7 Å². The van der Waals surface area contributed by atoms with Gasteiger partial charge in [0.1, 0.15) is 11.9 Å². The van der Waals surface area contributed by atoms with Crippen LogP contribution in [0.25, 0.3) is 11.1 Å². The van der Waals surface area contributed by atoms with Gasteiger partial charge in [0.05, 0.1) is 5.41 Å². The van der Waals surface area contributed by atoms with Crippen LogP contribution >= 0.6 is 15.9 Å². The van der Waals surface area contributed by atoms with Gasteiger partial charge < -0.3 is 10.4 Å². The van der Waals surface area contributed by atoms with E-state index in [-0.39, 0.29) is 5.91 Å². The third-order valence-electron chi connectivity index (χ3n) is 6.62. The average molecular weight is 492 g/mol. The average Bonchev–Trinajstić information content (AvgIpc) is 3.07. The van der Waals surface area contributed by atoms with Gasteiger partial charge in [-0.15, -0.1) is 0 Å². The van der Waals surface area contributed by atoms with Crippen LogP contribution in [0.5, 0.6) is 0 Å². The molecular formula is C25H22BrN3O3. The molecule has 1 aromatic heterocycles. The zero-order valence-corrected chi connectivity index (χ0v) is 18.9. The van der Waals surface area contributed by atoms with Crippen LogP contribution < -0.4 is 5.32 Å². The van der Waals surface area contributed by atoms with E-state index in [9.17, 15) is 14.7 Å². The third-order valence-corrected chi connectivity index (χ3v) is 7.05. The lowest BCUT2D eigenvalue weighted by Gasteiger charge is -2.40. The summed E-state index contributed by atoms with van der Waals surface area (Å²) in [7, 11) is 0. The monoisotopic (exact) mass is 491 g/mol. The van der Waals surface area contributed by atoms with E-state index in [0.717, 1.165) is 26.7 Å². The van der Waals surface area contributed by atoms with Gasteiger partial charge >= 0.3 is 5.97 Å². The predicted molar refractivity (Wildman–Crippen MR) is 125 cm³/mol. The Kier molecular flexibility index (Phi) is 5.31. The molecule has 2 aliphatic rings. The molecule has 6 nitrogen and oxygen atoms in total. The van der Waals surface area contributed by atoms with Gasteiger partial charge in [0.15, 0.2) is 0 Å². The Bertz CT molecular complexity index is 1170. The van der Waals surface area contributed by atoms with Crippen LogP contribution in [0.1, 0.15) is 30.0 Å². The van der Waals surface area contributed by atoms with Gasteiger partial charge in [-0.2, -0.15) is 0 Å². The first-order chi connectivity index (χ1) is 15.5. The number of carbonyl (C=O) groups is 2. The number of piperidine rings is 1. The zero-order chi connectivity index (χ0) is 22.3. The van der Waals surface area contributed by atoms with Crippen LogP contribution in [0.4, 0.5) is 5.82 Å². The van der Waals surface area contributed by atoms with Gasteiger partial charge in [0, 0.05) is 29.3 Å². The van der Waals surface area contributed by atoms with Gasteiger partial charge in [-0.25, -0.2) is 4.98 Å². The number of halogens is 1. The molecule has 1 spiro atoms. The Morgan fingerprint density at radius 1 is 1.06 bits per heavy atom. The molecule has 0 saturated carbocycles. The number of benzene rings is 2. The van der Waals surface area contributed by atoms with Crippen LogP contribution in [-0.4, -0.2) is 40.0 Å². The molecular weight excluding hydrogens is 470 g/mol. The maximum atomic E-state index is 12.9. The van der Waals surface area contributed by atoms with Gasteiger partial charge in [-0.3, -0.25) is 14.5 Å². The number of anilines is 1. The van der Waals surface area contributed by atoms with Crippen molar-refractivity contribution in [2.24, 2.45) is 0 Å². The number of carboxylic acids is 1. The highest BCUT2D eigenvalue weighted by Gasteiger charge is 2.50. The molecule has 1 atom stereocenters. The molecule has 1 saturated heterocycles. The van der Waals surface area contributed by atoms with Crippen LogP contribution in [-0.2, 0) is 15.0 Å². The molecule has 5 rings (SSSR count). The molecule has 0 aliphatic carbocycles. The predicted octanol–water partition coefficient (Wildman–Crippen LogP) is 4.62. The third kappa shape index (κ3) is 3.51. The number of amides is 1. The largest absolute Gasteiger partial charge is 0.480 e. The second kappa shape index (κ2) is 8.15. The summed E-state index contributed by atoms with van der Waals surface area (Å²) >= 11 is 3.45. The van der Waals surface area contributed by atoms with Crippen molar-refractivity contribution in [3.8, 4) is 11.1 Å². The number of rotatable bonds is 4. The molecule has 1 fully saturated rings. The molecule has 3 aromatic rings. The van der Waals surface area contributed by atoms with E-state index < -0.39 is 17.4 Å². The molecule has 1 amide bonds. The Labute approximate surface area is 194 Å². The van der Waals surface area contributed by atoms with Crippen molar-refractivity contribution in [3.05, 3.63) is 82.5 Å². The second-order valence-electron chi connectivity index (χ2n) is 8.35. The van der Waals surface area contributed by atoms with Crippen molar-refractivity contribution in [1.29, 1.82) is 0 Å². The number of carbonyl (C=O) groups excluding carboxylic acids is 1. The van der Waals surface area contributed by atoms with Gasteiger partial charge in [-0.1, -0.05) is 54.6 Å². The summed E-state index contributed by atoms with van der Waals surface area (Å²) in [4.78, 5) is 31.4. The standard InChI is InChI=1S/C25H22BrN3O3/c26-19-14-20-22(27-15-19)28-24(32)25(20)10-12-29(13-11-25)21(23(30)31)18-8-6-17(7-9-18)16-4-2-1-3-5-16/h1-9,14-15,21H,10-13H2,(H,30,31)(H,27,28,32)/t21-/m1/s1. The number of hydrogen-bond donors (Lipinski definition) is 2. The highest BCUT2D eigenvalue weighted by atomic mass is 79.9. The Morgan fingerprint density at radius 3 is 2.38 bits per heavy atom. The maximum absolute atomic E-state index is 12.9. The molecule has 162 valence electrons. The normalized spacial score (nSPS) is 18.2. The minimum absolute atomic E-state index is 0.0446. The summed E-state index contributed by atoms with van der Waals surface area (Å²) in [5.74, 6) is -0.316. The van der Waals surface area contributed by atoms with E-state index in [2.05, 4.69) is 26.2 Å². The van der Waals surface area contributed by atoms with Crippen molar-refractivity contribution in [2.75, 3.05) is 18.4 Å². The van der Waals surface area contributed by atoms with E-state index in [0.29, 0.717) is 31.7 Å². The number of pyridine rings is 1. The molecule has 3 heterocycles. The summed E-state index contributed by atoms with van der Waals surface area (Å²) in [5, 5.41) is 12.9. The van der Waals surface area contributed by atoms with Crippen molar-refractivity contribution in [1.82, 2.24) is 9.88 Å². The molecule has 0 unspecified atom stereocenters. The first-order valence-electron chi connectivity index (χ1n) is 10.6. The van der Waals surface area contributed by atoms with E-state index in [1.54, 1.807) is 6.20 Å². The van der Waals surface area contributed by atoms with Crippen molar-refractivity contribution in [3.63, 3.8) is 0 Å². The number of nitrogens with one attached hydrogen (secondary N) is 1. The zero-order valence-electron chi connectivity index (χ0n) is 17.3. The van der Waals surface area contributed by atoms with E-state index >= 15 is 0 Å². The lowest BCUT2D eigenvalue weighted by molar-refractivity contribution is -0.144. The smallest absolute Gasteiger partial charge is 0.325 e. The number of likely N-dealkylation sites (tertiary alicyclic amines) is 1. The molecule has 0 bridgehead atoms. The highest BCUT2D eigenvalue weighted by Crippen LogP contribution is 2.46. The number of fused-ring (bicyclic) bond motifs is 2. The molecule has 7 heteroatoms. The topological polar surface area (TPSA) is 82.5 Å². The fourth-order valence-corrected chi connectivity index (χ4v) is 5.24. The minimum atomic E-state index is -0.880. The molecule has 2 aliphatic heterocycles. The fourth-order valence-electron chi connectivity index (χ4n) is 4.91. The summed E-state index contributed by atoms with van der Waals surface area (Å²) in [6.07, 6.45) is 2.78.